The van der Waals surface area contributed by atoms with Crippen molar-refractivity contribution in [1.29, 1.82) is 0 Å². The Kier molecular flexibility index (Phi) is 6.20. The van der Waals surface area contributed by atoms with Crippen molar-refractivity contribution in [2.24, 2.45) is 12.0 Å². The van der Waals surface area contributed by atoms with Crippen LogP contribution in [-0.4, -0.2) is 35.2 Å². The maximum absolute atomic E-state index is 5.96. The molecule has 2 heterocycles. The predicted octanol–water partition coefficient (Wildman–Crippen LogP) is 2.86. The van der Waals surface area contributed by atoms with Gasteiger partial charge in [0.05, 0.1) is 24.1 Å². The largest absolute Gasteiger partial charge is 0.488 e. The smallest absolute Gasteiger partial charge is 0.191 e. The van der Waals surface area contributed by atoms with Gasteiger partial charge in [0.1, 0.15) is 17.7 Å². The van der Waals surface area contributed by atoms with E-state index in [2.05, 4.69) is 43.4 Å². The second-order valence-corrected chi connectivity index (χ2v) is 6.43. The van der Waals surface area contributed by atoms with Gasteiger partial charge in [0.25, 0.3) is 0 Å². The second-order valence-electron chi connectivity index (χ2n) is 6.43. The van der Waals surface area contributed by atoms with E-state index >= 15 is 0 Å². The fourth-order valence-electron chi connectivity index (χ4n) is 3.32. The Morgan fingerprint density at radius 3 is 2.74 bits per heavy atom. The topological polar surface area (TPSA) is 63.5 Å². The molecule has 4 rings (SSSR count). The van der Waals surface area contributed by atoms with Crippen LogP contribution in [0.1, 0.15) is 11.4 Å². The van der Waals surface area contributed by atoms with Crippen molar-refractivity contribution < 1.29 is 4.74 Å². The molecule has 2 aromatic carbocycles. The molecule has 0 saturated carbocycles. The number of fused-ring (bicyclic) bond motifs is 2. The van der Waals surface area contributed by atoms with E-state index in [1.807, 2.05) is 37.4 Å². The summed E-state index contributed by atoms with van der Waals surface area (Å²) in [4.78, 5) is 8.97. The Morgan fingerprint density at radius 2 is 1.96 bits per heavy atom. The van der Waals surface area contributed by atoms with E-state index in [9.17, 15) is 0 Å². The molecule has 0 amide bonds. The molecule has 7 heteroatoms. The van der Waals surface area contributed by atoms with Gasteiger partial charge in [-0.2, -0.15) is 0 Å². The zero-order valence-corrected chi connectivity index (χ0v) is 17.8. The first-order valence-electron chi connectivity index (χ1n) is 8.84. The third-order valence-corrected chi connectivity index (χ3v) is 4.73. The average Bonchev–Trinajstić information content (AvgIpc) is 3.23. The number of aryl methyl sites for hydroxylation is 1. The van der Waals surface area contributed by atoms with Gasteiger partial charge < -0.3 is 19.9 Å². The summed E-state index contributed by atoms with van der Waals surface area (Å²) < 4.78 is 8.07. The third kappa shape index (κ3) is 4.18. The van der Waals surface area contributed by atoms with Crippen LogP contribution in [0.5, 0.6) is 5.75 Å². The number of imidazole rings is 1. The zero-order valence-electron chi connectivity index (χ0n) is 15.5. The van der Waals surface area contributed by atoms with E-state index in [0.29, 0.717) is 13.1 Å². The van der Waals surface area contributed by atoms with Crippen molar-refractivity contribution in [3.8, 4) is 5.75 Å². The number of rotatable bonds is 4. The second kappa shape index (κ2) is 8.60. The Hall–Kier alpha value is -2.29. The number of hydrogen-bond donors (Lipinski definition) is 2. The molecule has 142 valence electrons. The monoisotopic (exact) mass is 477 g/mol. The Balaban J connectivity index is 0.00000210. The summed E-state index contributed by atoms with van der Waals surface area (Å²) in [7, 11) is 3.81. The molecule has 1 unspecified atom stereocenters. The summed E-state index contributed by atoms with van der Waals surface area (Å²) in [6.07, 6.45) is 1.05. The Bertz CT molecular complexity index is 927. The summed E-state index contributed by atoms with van der Waals surface area (Å²) in [6.45, 7) is 1.31. The highest BCUT2D eigenvalue weighted by atomic mass is 127. The van der Waals surface area contributed by atoms with Gasteiger partial charge in [0.15, 0.2) is 5.96 Å². The maximum atomic E-state index is 5.96. The molecule has 6 nitrogen and oxygen atoms in total. The van der Waals surface area contributed by atoms with Crippen LogP contribution in [0.2, 0.25) is 0 Å². The molecule has 0 saturated heterocycles. The minimum absolute atomic E-state index is 0. The number of ether oxygens (including phenoxy) is 1. The van der Waals surface area contributed by atoms with Gasteiger partial charge >= 0.3 is 0 Å². The summed E-state index contributed by atoms with van der Waals surface area (Å²) in [5.74, 6) is 2.71. The van der Waals surface area contributed by atoms with Crippen LogP contribution in [-0.2, 0) is 20.0 Å². The normalized spacial score (nSPS) is 15.8. The van der Waals surface area contributed by atoms with Crippen LogP contribution >= 0.6 is 24.0 Å². The molecule has 1 aliphatic heterocycles. The number of hydrogen-bond acceptors (Lipinski definition) is 3. The fourth-order valence-corrected chi connectivity index (χ4v) is 3.32. The average molecular weight is 477 g/mol. The maximum Gasteiger partial charge on any atom is 0.191 e. The van der Waals surface area contributed by atoms with Crippen LogP contribution in [0.3, 0.4) is 0 Å². The molecule has 0 fully saturated rings. The van der Waals surface area contributed by atoms with Gasteiger partial charge in [-0.05, 0) is 23.8 Å². The highest BCUT2D eigenvalue weighted by molar-refractivity contribution is 14.0. The number of aliphatic imine (C=N–C) groups is 1. The number of halogens is 1. The van der Waals surface area contributed by atoms with Crippen LogP contribution in [0.4, 0.5) is 0 Å². The minimum atomic E-state index is 0. The number of benzene rings is 2. The Morgan fingerprint density at radius 1 is 1.19 bits per heavy atom. The van der Waals surface area contributed by atoms with E-state index < -0.39 is 0 Å². The molecule has 27 heavy (non-hydrogen) atoms. The van der Waals surface area contributed by atoms with Crippen LogP contribution in [0.15, 0.2) is 53.5 Å². The lowest BCUT2D eigenvalue weighted by atomic mass is 10.1. The first-order valence-corrected chi connectivity index (χ1v) is 8.84. The van der Waals surface area contributed by atoms with Gasteiger partial charge in [-0.3, -0.25) is 4.99 Å². The van der Waals surface area contributed by atoms with Crippen molar-refractivity contribution in [2.45, 2.75) is 19.1 Å². The molecular weight excluding hydrogens is 453 g/mol. The van der Waals surface area contributed by atoms with Gasteiger partial charge in [0.2, 0.25) is 0 Å². The fraction of sp³-hybridized carbons (Fsp3) is 0.300. The molecule has 3 aromatic rings. The molecule has 0 radical (unpaired) electrons. The van der Waals surface area contributed by atoms with Gasteiger partial charge in [0, 0.05) is 20.5 Å². The van der Waals surface area contributed by atoms with Crippen molar-refractivity contribution in [2.75, 3.05) is 13.6 Å². The van der Waals surface area contributed by atoms with Crippen molar-refractivity contribution in [3.05, 3.63) is 59.9 Å². The van der Waals surface area contributed by atoms with E-state index in [-0.39, 0.29) is 30.1 Å². The summed E-state index contributed by atoms with van der Waals surface area (Å²) in [5, 5.41) is 6.68. The summed E-state index contributed by atoms with van der Waals surface area (Å²) >= 11 is 0. The number of nitrogens with one attached hydrogen (secondary N) is 2. The lowest BCUT2D eigenvalue weighted by Gasteiger charge is -2.15. The quantitative estimate of drug-likeness (QED) is 0.345. The molecule has 2 N–H and O–H groups in total. The van der Waals surface area contributed by atoms with E-state index in [4.69, 9.17) is 4.74 Å². The molecule has 0 bridgehead atoms. The Labute approximate surface area is 176 Å². The van der Waals surface area contributed by atoms with Gasteiger partial charge in [-0.15, -0.1) is 24.0 Å². The van der Waals surface area contributed by atoms with E-state index in [1.54, 1.807) is 7.05 Å². The number of guanidine groups is 1. The van der Waals surface area contributed by atoms with E-state index in [0.717, 1.165) is 35.0 Å². The van der Waals surface area contributed by atoms with E-state index in [1.165, 1.54) is 5.56 Å². The third-order valence-electron chi connectivity index (χ3n) is 4.73. The van der Waals surface area contributed by atoms with Gasteiger partial charge in [-0.25, -0.2) is 4.98 Å². The molecule has 1 aromatic heterocycles. The minimum Gasteiger partial charge on any atom is -0.488 e. The van der Waals surface area contributed by atoms with Crippen LogP contribution in [0.25, 0.3) is 11.0 Å². The SMILES string of the molecule is CN=C(NCc1nc2ccccc2n1C)NCC1Cc2ccccc2O1.I. The van der Waals surface area contributed by atoms with Crippen LogP contribution in [0, 0.1) is 0 Å². The highest BCUT2D eigenvalue weighted by Gasteiger charge is 2.22. The lowest BCUT2D eigenvalue weighted by Crippen LogP contribution is -2.42. The molecule has 1 atom stereocenters. The van der Waals surface area contributed by atoms with Gasteiger partial charge in [-0.1, -0.05) is 30.3 Å². The van der Waals surface area contributed by atoms with Crippen molar-refractivity contribution >= 4 is 41.0 Å². The number of para-hydroxylation sites is 3. The highest BCUT2D eigenvalue weighted by Crippen LogP contribution is 2.27. The zero-order chi connectivity index (χ0) is 17.9. The van der Waals surface area contributed by atoms with Crippen molar-refractivity contribution in [1.82, 2.24) is 20.2 Å². The molecule has 1 aliphatic rings. The lowest BCUT2D eigenvalue weighted by molar-refractivity contribution is 0.235. The number of aromatic nitrogens is 2. The summed E-state index contributed by atoms with van der Waals surface area (Å²) in [6, 6.07) is 16.3. The first-order chi connectivity index (χ1) is 12.7. The molecule has 0 aliphatic carbocycles. The predicted molar refractivity (Wildman–Crippen MR) is 119 cm³/mol. The standard InChI is InChI=1S/C20H23N5O.HI/c1-21-20(22-12-15-11-14-7-3-6-10-18(14)26-15)23-13-19-24-16-8-4-5-9-17(16)25(19)2;/h3-10,15H,11-13H2,1-2H3,(H2,21,22,23);1H. The molecular formula is C20H24IN5O. The first kappa shape index (κ1) is 19.5. The summed E-state index contributed by atoms with van der Waals surface area (Å²) in [5.41, 5.74) is 3.40. The van der Waals surface area contributed by atoms with Crippen molar-refractivity contribution in [3.63, 3.8) is 0 Å². The number of nitrogens with zero attached hydrogens (tertiary/aromatic N) is 3. The van der Waals surface area contributed by atoms with Crippen LogP contribution < -0.4 is 15.4 Å². The molecule has 0 spiro atoms.